The highest BCUT2D eigenvalue weighted by atomic mass is 16.2. The third-order valence-corrected chi connectivity index (χ3v) is 23.3. The molecule has 0 aliphatic heterocycles. The lowest BCUT2D eigenvalue weighted by Gasteiger charge is -2.31. The Morgan fingerprint density at radius 3 is 0.784 bits per heavy atom. The molecule has 0 aromatic heterocycles. The molecule has 862 valence electrons. The predicted octanol–water partition coefficient (Wildman–Crippen LogP) is 23.0. The highest BCUT2D eigenvalue weighted by molar-refractivity contribution is 5.97. The molecule has 0 bridgehead atoms. The summed E-state index contributed by atoms with van der Waals surface area (Å²) in [7, 11) is 0. The first-order valence-electron chi connectivity index (χ1n) is 55.4. The van der Waals surface area contributed by atoms with Gasteiger partial charge in [-0.2, -0.15) is 0 Å². The normalized spacial score (nSPS) is 14.4. The van der Waals surface area contributed by atoms with Crippen molar-refractivity contribution in [3.63, 3.8) is 0 Å². The molecule has 2 rings (SSSR count). The topological polar surface area (TPSA) is 481 Å². The van der Waals surface area contributed by atoms with Gasteiger partial charge >= 0.3 is 12.1 Å². The minimum Gasteiger partial charge on any atom is -0.352 e. The van der Waals surface area contributed by atoms with Crippen LogP contribution in [0.15, 0.2) is 60.7 Å². The van der Waals surface area contributed by atoms with E-state index in [1.165, 1.54) is 0 Å². The van der Waals surface area contributed by atoms with Crippen LogP contribution in [0, 0.1) is 120 Å². The van der Waals surface area contributed by atoms with Crippen molar-refractivity contribution in [3.05, 3.63) is 71.8 Å². The number of urea groups is 2. The standard InChI is InChI=1S/2C20H39N3O3.2C20H32N2O2.C17H33NO2.C13H25NO2.3C4H10/c2*1-13(2)14(12-19(3,4)5)17(25)23-15(16(24)20(6,7)8)10-9-11-22-18(21)26;2*1-20(2,3)19(24)16(11-7-8-12-21)14-18(23)17(22)13-15-9-5-4-6-10-15;1-11(2)14(18-17(7,8)9)13(19)10-12(3)15(20)16(4,5)6;1-8(2)11(14)10(15)7-9(3)12(16)13(4,5)6;3*1-4(2)3/h2*13-15H,9-12H2,1-8H3,(H,23,25)(H3,21,22,26);2*4-6,9-10,16-17H,7-8,11-14,21-22H2,1-3H3;11-12,14,18H,10H2,1-9H3;8-9,11H,7,14H2,1-6H3;3*4H,1-3H3. The number of unbranched alkanes of at least 4 members (excludes halogenated alkanes) is 2. The van der Waals surface area contributed by atoms with Crippen LogP contribution in [0.1, 0.15) is 432 Å². The van der Waals surface area contributed by atoms with Crippen molar-refractivity contribution in [2.24, 2.45) is 160 Å². The second-order valence-corrected chi connectivity index (χ2v) is 54.0. The lowest BCUT2D eigenvalue weighted by Crippen LogP contribution is -2.51. The van der Waals surface area contributed by atoms with E-state index in [2.05, 4.69) is 151 Å². The van der Waals surface area contributed by atoms with E-state index < -0.39 is 63.9 Å². The average Bonchev–Trinajstić information content (AvgIpc) is 0.837. The summed E-state index contributed by atoms with van der Waals surface area (Å²) in [4.78, 5) is 172. The van der Waals surface area contributed by atoms with Crippen LogP contribution < -0.4 is 66.7 Å². The summed E-state index contributed by atoms with van der Waals surface area (Å²) < 4.78 is 0. The second-order valence-electron chi connectivity index (χ2n) is 54.0. The molecule has 6 amide bonds. The van der Waals surface area contributed by atoms with Crippen molar-refractivity contribution in [2.75, 3.05) is 26.2 Å². The predicted molar refractivity (Wildman–Crippen MR) is 621 cm³/mol. The fourth-order valence-corrected chi connectivity index (χ4v) is 15.4. The number of carbonyl (C=O) groups is 14. The van der Waals surface area contributed by atoms with E-state index in [0.29, 0.717) is 84.0 Å². The minimum absolute atomic E-state index is 0.00295. The Labute approximate surface area is 904 Å². The highest BCUT2D eigenvalue weighted by Crippen LogP contribution is 2.35. The number of nitrogens with one attached hydrogen (secondary N) is 5. The van der Waals surface area contributed by atoms with E-state index in [1.807, 2.05) is 248 Å². The number of carbonyl (C=O) groups excluding carboxylic acids is 14. The number of hydrogen-bond donors (Lipinski definition) is 12. The van der Waals surface area contributed by atoms with Gasteiger partial charge in [0.1, 0.15) is 28.9 Å². The van der Waals surface area contributed by atoms with Crippen LogP contribution in [0.2, 0.25) is 0 Å². The number of Topliss-reactive ketones (excluding diaryl/α,β-unsaturated/α-hetero) is 10. The Hall–Kier alpha value is -7.62. The monoisotopic (exact) mass is 2090 g/mol. The minimum atomic E-state index is -0.585. The van der Waals surface area contributed by atoms with Crippen molar-refractivity contribution in [1.29, 1.82) is 0 Å². The number of rotatable bonds is 49. The maximum atomic E-state index is 12.9. The molecule has 0 heterocycles. The Balaban J connectivity index is -0.000000316. The molecule has 0 saturated carbocycles. The zero-order valence-corrected chi connectivity index (χ0v) is 103. The molecule has 148 heavy (non-hydrogen) atoms. The molecule has 0 fully saturated rings. The number of benzene rings is 2. The van der Waals surface area contributed by atoms with E-state index in [-0.39, 0.29) is 181 Å². The van der Waals surface area contributed by atoms with Crippen molar-refractivity contribution in [1.82, 2.24) is 26.6 Å². The Bertz CT molecular complexity index is 3860. The average molecular weight is 2090 g/mol. The number of primary amides is 2. The molecule has 0 saturated heterocycles. The first-order valence-corrected chi connectivity index (χ1v) is 55.4. The van der Waals surface area contributed by atoms with E-state index in [0.717, 1.165) is 67.4 Å². The van der Waals surface area contributed by atoms with Crippen molar-refractivity contribution < 1.29 is 67.1 Å². The molecule has 12 unspecified atom stereocenters. The molecular formula is C122H230N12O14. The summed E-state index contributed by atoms with van der Waals surface area (Å²) in [5.74, 6) is 2.45. The van der Waals surface area contributed by atoms with Gasteiger partial charge in [0.2, 0.25) is 11.8 Å². The Morgan fingerprint density at radius 2 is 0.568 bits per heavy atom. The first-order chi connectivity index (χ1) is 66.8. The van der Waals surface area contributed by atoms with Crippen molar-refractivity contribution >= 4 is 81.7 Å². The van der Waals surface area contributed by atoms with E-state index in [1.54, 1.807) is 6.92 Å². The molecule has 19 N–H and O–H groups in total. The van der Waals surface area contributed by atoms with Gasteiger partial charge in [0, 0.05) is 112 Å². The van der Waals surface area contributed by atoms with Gasteiger partial charge in [0.05, 0.1) is 36.3 Å². The van der Waals surface area contributed by atoms with Crippen LogP contribution in [0.3, 0.4) is 0 Å². The van der Waals surface area contributed by atoms with Crippen LogP contribution in [-0.2, 0) is 70.4 Å². The summed E-state index contributed by atoms with van der Waals surface area (Å²) >= 11 is 0. The summed E-state index contributed by atoms with van der Waals surface area (Å²) in [5.41, 5.74) is 38.4. The molecule has 0 aliphatic rings. The molecule has 2 aromatic rings. The lowest BCUT2D eigenvalue weighted by atomic mass is 9.78. The van der Waals surface area contributed by atoms with Crippen LogP contribution in [-0.4, -0.2) is 150 Å². The zero-order chi connectivity index (χ0) is 118. The number of ketones is 10. The molecular weight excluding hydrogens is 1860 g/mol. The van der Waals surface area contributed by atoms with Gasteiger partial charge in [-0.15, -0.1) is 0 Å². The molecule has 12 atom stereocenters. The third-order valence-electron chi connectivity index (χ3n) is 23.3. The number of hydrogen-bond acceptors (Lipinski definition) is 20. The Morgan fingerprint density at radius 1 is 0.304 bits per heavy atom. The SMILES string of the molecule is CC(C)(C)C(=O)C(CCCCN)CC(=O)C(N)Cc1ccccc1.CC(C)(C)C(=O)C(CCCCN)CC(=O)C(N)Cc1ccccc1.CC(C)C.CC(C)C.CC(C)C.CC(C)C(CC(C)(C)C)C(=O)NC(CCCNC(N)=O)C(=O)C(C)(C)C.CC(C)C(CC(C)(C)C)C(=O)NC(CCCNC(N)=O)C(=O)C(C)(C)C.CC(CC(=O)C(N)C(C)C)C(=O)C(C)(C)C.CC(CC(=O)C(NC(C)(C)C)C(C)C)C(=O)C(C)(C)C. The van der Waals surface area contributed by atoms with Crippen LogP contribution in [0.25, 0.3) is 0 Å². The summed E-state index contributed by atoms with van der Waals surface area (Å²) in [6.07, 6.45) is 10.6. The molecule has 26 nitrogen and oxygen atoms in total. The van der Waals surface area contributed by atoms with E-state index in [9.17, 15) is 67.1 Å². The molecule has 0 spiro atoms. The van der Waals surface area contributed by atoms with E-state index in [4.69, 9.17) is 40.1 Å². The van der Waals surface area contributed by atoms with Crippen molar-refractivity contribution in [3.8, 4) is 0 Å². The fourth-order valence-electron chi connectivity index (χ4n) is 15.4. The summed E-state index contributed by atoms with van der Waals surface area (Å²) in [6, 6.07) is 15.4. The van der Waals surface area contributed by atoms with Gasteiger partial charge in [-0.3, -0.25) is 57.5 Å². The van der Waals surface area contributed by atoms with Crippen LogP contribution >= 0.6 is 0 Å². The Kier molecular flexibility index (Phi) is 77.9. The van der Waals surface area contributed by atoms with Crippen LogP contribution in [0.4, 0.5) is 9.59 Å². The van der Waals surface area contributed by atoms with Gasteiger partial charge in [-0.05, 0) is 174 Å². The quantitative estimate of drug-likeness (QED) is 0.0274. The van der Waals surface area contributed by atoms with Crippen LogP contribution in [0.5, 0.6) is 0 Å². The maximum absolute atomic E-state index is 12.9. The van der Waals surface area contributed by atoms with Gasteiger partial charge in [-0.25, -0.2) is 9.59 Å². The number of nitrogens with two attached hydrogens (primary N) is 7. The first kappa shape index (κ1) is 153. The summed E-state index contributed by atoms with van der Waals surface area (Å²) in [6.45, 7) is 93.9. The molecule has 0 aliphatic carbocycles. The largest absolute Gasteiger partial charge is 0.352 e. The van der Waals surface area contributed by atoms with Crippen molar-refractivity contribution in [2.45, 2.75) is 476 Å². The lowest BCUT2D eigenvalue weighted by molar-refractivity contribution is -0.135. The van der Waals surface area contributed by atoms with Gasteiger partial charge in [-0.1, -0.05) is 371 Å². The smallest absolute Gasteiger partial charge is 0.312 e. The third kappa shape index (κ3) is 81.2. The maximum Gasteiger partial charge on any atom is 0.312 e. The zero-order valence-electron chi connectivity index (χ0n) is 103. The fraction of sp³-hybridized carbons (Fsp3) is 0.787. The molecule has 0 radical (unpaired) electrons. The molecule has 2 aromatic carbocycles. The van der Waals surface area contributed by atoms with Gasteiger partial charge in [0.15, 0.2) is 28.9 Å². The number of amides is 6. The molecule has 26 heteroatoms. The highest BCUT2D eigenvalue weighted by Gasteiger charge is 2.40. The van der Waals surface area contributed by atoms with Gasteiger partial charge < -0.3 is 66.7 Å². The summed E-state index contributed by atoms with van der Waals surface area (Å²) in [5, 5.41) is 14.4. The van der Waals surface area contributed by atoms with E-state index >= 15 is 0 Å². The second kappa shape index (κ2) is 75.2. The van der Waals surface area contributed by atoms with Gasteiger partial charge in [0.25, 0.3) is 0 Å².